The van der Waals surface area contributed by atoms with E-state index < -0.39 is 5.60 Å². The summed E-state index contributed by atoms with van der Waals surface area (Å²) in [5.74, 6) is -0.384. The Hall–Kier alpha value is -3.38. The first-order valence-electron chi connectivity index (χ1n) is 13.1. The van der Waals surface area contributed by atoms with Gasteiger partial charge in [-0.3, -0.25) is 9.59 Å². The number of aliphatic hydroxyl groups excluding tert-OH is 1. The molecule has 37 heavy (non-hydrogen) atoms. The van der Waals surface area contributed by atoms with E-state index in [4.69, 9.17) is 4.74 Å². The Bertz CT molecular complexity index is 1120. The topological polar surface area (TPSA) is 80.6 Å². The van der Waals surface area contributed by atoms with Crippen molar-refractivity contribution in [3.8, 4) is 0 Å². The van der Waals surface area contributed by atoms with Crippen LogP contribution in [0.25, 0.3) is 10.9 Å². The number of hydrogen-bond donors (Lipinski definition) is 2. The van der Waals surface area contributed by atoms with Gasteiger partial charge in [-0.1, -0.05) is 61.9 Å². The fourth-order valence-corrected chi connectivity index (χ4v) is 4.07. The number of para-hydroxylation sites is 1. The molecule has 0 spiro atoms. The molecule has 200 valence electrons. The van der Waals surface area contributed by atoms with Gasteiger partial charge >= 0.3 is 5.97 Å². The number of amides is 1. The van der Waals surface area contributed by atoms with Gasteiger partial charge in [0.25, 0.3) is 0 Å². The summed E-state index contributed by atoms with van der Waals surface area (Å²) in [5, 5.41) is 13.2. The number of benzene rings is 1. The zero-order chi connectivity index (χ0) is 27.1. The molecular formula is C31H42N2O4. The van der Waals surface area contributed by atoms with Crippen molar-refractivity contribution in [1.29, 1.82) is 0 Å². The second kappa shape index (κ2) is 15.7. The van der Waals surface area contributed by atoms with Crippen molar-refractivity contribution in [3.05, 3.63) is 84.6 Å². The Balaban J connectivity index is 1.79. The zero-order valence-corrected chi connectivity index (χ0v) is 22.5. The van der Waals surface area contributed by atoms with Gasteiger partial charge in [0, 0.05) is 49.3 Å². The van der Waals surface area contributed by atoms with Gasteiger partial charge in [0.2, 0.25) is 5.91 Å². The lowest BCUT2D eigenvalue weighted by Gasteiger charge is -2.24. The summed E-state index contributed by atoms with van der Waals surface area (Å²) in [6, 6.07) is 8.11. The van der Waals surface area contributed by atoms with Crippen LogP contribution in [0.1, 0.15) is 58.4 Å². The van der Waals surface area contributed by atoms with E-state index >= 15 is 0 Å². The molecule has 6 nitrogen and oxygen atoms in total. The van der Waals surface area contributed by atoms with E-state index in [9.17, 15) is 14.7 Å². The van der Waals surface area contributed by atoms with E-state index in [-0.39, 0.29) is 24.9 Å². The molecule has 1 aromatic carbocycles. The highest BCUT2D eigenvalue weighted by molar-refractivity contribution is 5.88. The standard InChI is InChI=1S/C31H42N2O4/c1-5-7-14-25(6-2)17-18-29(35)32-20-12-8-9-13-21-33-24-26(27-15-10-11-16-28(27)33)23-30(36)37-31(3,4)19-22-34/h5-7,10-11,14-18,24,34H,2,8-9,12-13,19-23H2,1,3-4H3,(H,32,35)/b7-5-,18-17+,25-14+. The molecular weight excluding hydrogens is 464 g/mol. The Labute approximate surface area is 221 Å². The number of nitrogens with one attached hydrogen (secondary N) is 1. The highest BCUT2D eigenvalue weighted by Crippen LogP contribution is 2.24. The van der Waals surface area contributed by atoms with Crippen LogP contribution in [0, 0.1) is 0 Å². The van der Waals surface area contributed by atoms with Crippen LogP contribution in [0.15, 0.2) is 79.1 Å². The largest absolute Gasteiger partial charge is 0.459 e. The molecule has 0 saturated carbocycles. The summed E-state index contributed by atoms with van der Waals surface area (Å²) in [6.07, 6.45) is 17.4. The minimum absolute atomic E-state index is 0.0195. The number of aryl methyl sites for hydroxylation is 1. The molecule has 0 atom stereocenters. The molecule has 0 saturated heterocycles. The van der Waals surface area contributed by atoms with E-state index in [1.165, 1.54) is 6.08 Å². The molecule has 6 heteroatoms. The molecule has 0 aliphatic rings. The van der Waals surface area contributed by atoms with Crippen LogP contribution in [0.4, 0.5) is 0 Å². The quantitative estimate of drug-likeness (QED) is 0.130. The van der Waals surface area contributed by atoms with Gasteiger partial charge in [-0.2, -0.15) is 0 Å². The van der Waals surface area contributed by atoms with Crippen LogP contribution in [-0.4, -0.2) is 40.3 Å². The van der Waals surface area contributed by atoms with Gasteiger partial charge in [-0.05, 0) is 56.9 Å². The number of carbonyl (C=O) groups is 2. The molecule has 1 aromatic heterocycles. The van der Waals surface area contributed by atoms with Crippen molar-refractivity contribution in [2.45, 2.75) is 71.4 Å². The molecule has 2 rings (SSSR count). The van der Waals surface area contributed by atoms with Crippen molar-refractivity contribution in [2.75, 3.05) is 13.2 Å². The van der Waals surface area contributed by atoms with E-state index in [2.05, 4.69) is 28.7 Å². The fourth-order valence-electron chi connectivity index (χ4n) is 4.07. The van der Waals surface area contributed by atoms with Crippen LogP contribution in [0.2, 0.25) is 0 Å². The smallest absolute Gasteiger partial charge is 0.310 e. The molecule has 0 fully saturated rings. The van der Waals surface area contributed by atoms with Crippen LogP contribution in [0.5, 0.6) is 0 Å². The minimum atomic E-state index is -0.683. The van der Waals surface area contributed by atoms with Crippen molar-refractivity contribution in [2.24, 2.45) is 0 Å². The van der Waals surface area contributed by atoms with Gasteiger partial charge in [-0.15, -0.1) is 0 Å². The van der Waals surface area contributed by atoms with Gasteiger partial charge < -0.3 is 19.7 Å². The summed E-state index contributed by atoms with van der Waals surface area (Å²) in [6.45, 7) is 10.8. The number of nitrogens with zero attached hydrogens (tertiary/aromatic N) is 1. The average Bonchev–Trinajstić information content (AvgIpc) is 3.20. The van der Waals surface area contributed by atoms with Gasteiger partial charge in [0.1, 0.15) is 5.60 Å². The van der Waals surface area contributed by atoms with Crippen LogP contribution in [-0.2, 0) is 27.3 Å². The maximum absolute atomic E-state index is 12.5. The Morgan fingerprint density at radius 2 is 1.89 bits per heavy atom. The maximum Gasteiger partial charge on any atom is 0.310 e. The molecule has 1 amide bonds. The Morgan fingerprint density at radius 3 is 2.62 bits per heavy atom. The second-order valence-corrected chi connectivity index (χ2v) is 9.68. The number of aliphatic hydroxyl groups is 1. The van der Waals surface area contributed by atoms with E-state index in [1.807, 2.05) is 57.2 Å². The first-order valence-corrected chi connectivity index (χ1v) is 13.1. The summed E-state index contributed by atoms with van der Waals surface area (Å²) in [4.78, 5) is 24.5. The molecule has 0 bridgehead atoms. The Kier molecular flexibility index (Phi) is 12.6. The van der Waals surface area contributed by atoms with E-state index in [0.29, 0.717) is 13.0 Å². The number of ether oxygens (including phenoxy) is 1. The number of esters is 1. The third-order valence-electron chi connectivity index (χ3n) is 6.08. The monoisotopic (exact) mass is 506 g/mol. The van der Waals surface area contributed by atoms with E-state index in [0.717, 1.165) is 54.3 Å². The number of fused-ring (bicyclic) bond motifs is 1. The second-order valence-electron chi connectivity index (χ2n) is 9.68. The molecule has 2 aromatic rings. The number of unbranched alkanes of at least 4 members (excludes halogenated alkanes) is 3. The zero-order valence-electron chi connectivity index (χ0n) is 22.5. The molecule has 0 radical (unpaired) electrons. The maximum atomic E-state index is 12.5. The third kappa shape index (κ3) is 10.6. The van der Waals surface area contributed by atoms with Crippen molar-refractivity contribution in [3.63, 3.8) is 0 Å². The van der Waals surface area contributed by atoms with Gasteiger partial charge in [-0.25, -0.2) is 0 Å². The van der Waals surface area contributed by atoms with Crippen LogP contribution < -0.4 is 5.32 Å². The number of rotatable bonds is 16. The first kappa shape index (κ1) is 29.8. The van der Waals surface area contributed by atoms with Crippen molar-refractivity contribution < 1.29 is 19.4 Å². The first-order chi connectivity index (χ1) is 17.8. The van der Waals surface area contributed by atoms with Gasteiger partial charge in [0.05, 0.1) is 6.42 Å². The van der Waals surface area contributed by atoms with Crippen molar-refractivity contribution >= 4 is 22.8 Å². The number of hydrogen-bond acceptors (Lipinski definition) is 4. The van der Waals surface area contributed by atoms with Crippen LogP contribution >= 0.6 is 0 Å². The van der Waals surface area contributed by atoms with E-state index in [1.54, 1.807) is 12.2 Å². The fraction of sp³-hybridized carbons (Fsp3) is 0.419. The lowest BCUT2D eigenvalue weighted by atomic mass is 10.1. The molecule has 2 N–H and O–H groups in total. The number of allylic oxidation sites excluding steroid dienone is 6. The highest BCUT2D eigenvalue weighted by Gasteiger charge is 2.23. The number of aromatic nitrogens is 1. The summed E-state index contributed by atoms with van der Waals surface area (Å²) in [5.41, 5.74) is 2.27. The van der Waals surface area contributed by atoms with Gasteiger partial charge in [0.15, 0.2) is 0 Å². The summed E-state index contributed by atoms with van der Waals surface area (Å²) >= 11 is 0. The summed E-state index contributed by atoms with van der Waals surface area (Å²) < 4.78 is 7.80. The predicted octanol–water partition coefficient (Wildman–Crippen LogP) is 5.81. The average molecular weight is 507 g/mol. The highest BCUT2D eigenvalue weighted by atomic mass is 16.6. The normalized spacial score (nSPS) is 12.5. The number of carbonyl (C=O) groups excluding carboxylic acids is 2. The van der Waals surface area contributed by atoms with Crippen LogP contribution in [0.3, 0.4) is 0 Å². The molecule has 0 aliphatic carbocycles. The summed E-state index contributed by atoms with van der Waals surface area (Å²) in [7, 11) is 0. The third-order valence-corrected chi connectivity index (χ3v) is 6.08. The lowest BCUT2D eigenvalue weighted by Crippen LogP contribution is -2.29. The molecule has 0 unspecified atom stereocenters. The SMILES string of the molecule is C=CC(/C=C/C(=O)NCCCCCCn1cc(CC(=O)OC(C)(C)CCO)c2ccccc21)=C\C=C/C. The lowest BCUT2D eigenvalue weighted by molar-refractivity contribution is -0.156. The predicted molar refractivity (Wildman–Crippen MR) is 151 cm³/mol. The molecule has 0 aliphatic heterocycles. The van der Waals surface area contributed by atoms with Crippen molar-refractivity contribution in [1.82, 2.24) is 9.88 Å². The minimum Gasteiger partial charge on any atom is -0.459 e. The molecule has 1 heterocycles. The Morgan fingerprint density at radius 1 is 1.14 bits per heavy atom.